The molecule has 0 saturated heterocycles. The third-order valence-electron chi connectivity index (χ3n) is 4.03. The van der Waals surface area contributed by atoms with Crippen molar-refractivity contribution in [2.45, 2.75) is 12.6 Å². The first kappa shape index (κ1) is 18.8. The maximum absolute atomic E-state index is 12.7. The minimum absolute atomic E-state index is 0.134. The van der Waals surface area contributed by atoms with Crippen molar-refractivity contribution in [3.05, 3.63) is 53.6 Å². The number of ether oxygens (including phenoxy) is 1. The van der Waals surface area contributed by atoms with Crippen LogP contribution in [0.15, 0.2) is 36.8 Å². The Balaban J connectivity index is 1.77. The molecule has 2 aromatic rings. The Morgan fingerprint density at radius 1 is 1.43 bits per heavy atom. The van der Waals surface area contributed by atoms with E-state index in [4.69, 9.17) is 4.74 Å². The number of carbonyl (C=O) groups is 3. The number of nitrogens with zero attached hydrogens (tertiary/aromatic N) is 3. The van der Waals surface area contributed by atoms with Gasteiger partial charge in [-0.05, 0) is 23.6 Å². The zero-order valence-corrected chi connectivity index (χ0v) is 15.0. The van der Waals surface area contributed by atoms with Gasteiger partial charge in [0.2, 0.25) is 6.41 Å². The molecule has 142 valence electrons. The standard InChI is InChI=1S/C19H17N5O4/c1-28-16-5-2-13-10-24(18(26)17(13)8-16)11-15(23-19(27)22-12-25)4-3-14-9-20-6-7-21-14/h2,5-9,12,15H,10-11H2,1H3,(H2,22,23,25,27)/t15-/m1/s1. The van der Waals surface area contributed by atoms with Crippen LogP contribution in [0.25, 0.3) is 0 Å². The van der Waals surface area contributed by atoms with Crippen LogP contribution in [0.3, 0.4) is 0 Å². The summed E-state index contributed by atoms with van der Waals surface area (Å²) in [6.45, 7) is 0.522. The summed E-state index contributed by atoms with van der Waals surface area (Å²) in [4.78, 5) is 44.5. The van der Waals surface area contributed by atoms with Crippen LogP contribution >= 0.6 is 0 Å². The molecular weight excluding hydrogens is 362 g/mol. The number of benzene rings is 1. The second-order valence-corrected chi connectivity index (χ2v) is 5.86. The molecule has 2 N–H and O–H groups in total. The highest BCUT2D eigenvalue weighted by molar-refractivity contribution is 5.98. The van der Waals surface area contributed by atoms with Crippen molar-refractivity contribution < 1.29 is 19.1 Å². The van der Waals surface area contributed by atoms with Gasteiger partial charge in [-0.3, -0.25) is 19.9 Å². The number of rotatable bonds is 5. The lowest BCUT2D eigenvalue weighted by molar-refractivity contribution is -0.108. The molecule has 9 nitrogen and oxygen atoms in total. The van der Waals surface area contributed by atoms with E-state index in [9.17, 15) is 14.4 Å². The fraction of sp³-hybridized carbons (Fsp3) is 0.211. The van der Waals surface area contributed by atoms with Crippen LogP contribution in [-0.2, 0) is 11.3 Å². The molecule has 0 spiro atoms. The summed E-state index contributed by atoms with van der Waals surface area (Å²) in [5, 5.41) is 4.56. The Hall–Kier alpha value is -3.93. The van der Waals surface area contributed by atoms with Gasteiger partial charge in [-0.2, -0.15) is 0 Å². The highest BCUT2D eigenvalue weighted by Crippen LogP contribution is 2.26. The van der Waals surface area contributed by atoms with E-state index >= 15 is 0 Å². The molecular formula is C19H17N5O4. The van der Waals surface area contributed by atoms with Gasteiger partial charge in [-0.1, -0.05) is 12.0 Å². The molecule has 4 amide bonds. The number of imide groups is 1. The van der Waals surface area contributed by atoms with Gasteiger partial charge in [0.25, 0.3) is 5.91 Å². The summed E-state index contributed by atoms with van der Waals surface area (Å²) < 4.78 is 5.17. The fourth-order valence-electron chi connectivity index (χ4n) is 2.74. The van der Waals surface area contributed by atoms with Crippen molar-refractivity contribution in [3.8, 4) is 17.6 Å². The van der Waals surface area contributed by atoms with Crippen molar-refractivity contribution in [1.29, 1.82) is 0 Å². The Bertz CT molecular complexity index is 952. The first-order chi connectivity index (χ1) is 13.6. The van der Waals surface area contributed by atoms with Gasteiger partial charge < -0.3 is 15.0 Å². The molecule has 1 aliphatic heterocycles. The number of hydrogen-bond acceptors (Lipinski definition) is 6. The highest BCUT2D eigenvalue weighted by atomic mass is 16.5. The van der Waals surface area contributed by atoms with E-state index in [1.54, 1.807) is 17.0 Å². The Labute approximate surface area is 161 Å². The van der Waals surface area contributed by atoms with E-state index in [-0.39, 0.29) is 18.9 Å². The smallest absolute Gasteiger partial charge is 0.322 e. The second-order valence-electron chi connectivity index (χ2n) is 5.86. The second kappa shape index (κ2) is 8.64. The van der Waals surface area contributed by atoms with Crippen LogP contribution in [0.1, 0.15) is 21.6 Å². The summed E-state index contributed by atoms with van der Waals surface area (Å²) in [6.07, 6.45) is 4.77. The predicted octanol–water partition coefficient (Wildman–Crippen LogP) is 0.317. The normalized spacial score (nSPS) is 13.0. The van der Waals surface area contributed by atoms with Gasteiger partial charge in [-0.15, -0.1) is 0 Å². The van der Waals surface area contributed by atoms with Crippen molar-refractivity contribution in [3.63, 3.8) is 0 Å². The first-order valence-corrected chi connectivity index (χ1v) is 8.35. The molecule has 2 heterocycles. The van der Waals surface area contributed by atoms with Crippen LogP contribution in [0.5, 0.6) is 5.75 Å². The van der Waals surface area contributed by atoms with Gasteiger partial charge >= 0.3 is 6.03 Å². The molecule has 1 atom stereocenters. The number of aromatic nitrogens is 2. The molecule has 3 rings (SSSR count). The first-order valence-electron chi connectivity index (χ1n) is 8.35. The Morgan fingerprint density at radius 3 is 3.00 bits per heavy atom. The molecule has 1 aromatic heterocycles. The van der Waals surface area contributed by atoms with Gasteiger partial charge in [0, 0.05) is 24.5 Å². The van der Waals surface area contributed by atoms with E-state index in [2.05, 4.69) is 27.1 Å². The molecule has 0 unspecified atom stereocenters. The SMILES string of the molecule is COc1ccc2c(c1)C(=O)N(C[C@@H](C#Cc1cnccn1)NC(=O)NC=O)C2. The molecule has 1 aliphatic rings. The summed E-state index contributed by atoms with van der Waals surface area (Å²) in [5.41, 5.74) is 1.84. The maximum Gasteiger partial charge on any atom is 0.322 e. The van der Waals surface area contributed by atoms with Crippen LogP contribution in [0.4, 0.5) is 4.79 Å². The molecule has 0 bridgehead atoms. The lowest BCUT2D eigenvalue weighted by Crippen LogP contribution is -2.46. The van der Waals surface area contributed by atoms with Crippen LogP contribution in [-0.4, -0.2) is 52.9 Å². The highest BCUT2D eigenvalue weighted by Gasteiger charge is 2.29. The Morgan fingerprint density at radius 2 is 2.29 bits per heavy atom. The van der Waals surface area contributed by atoms with Crippen molar-refractivity contribution in [2.24, 2.45) is 0 Å². The zero-order valence-electron chi connectivity index (χ0n) is 15.0. The van der Waals surface area contributed by atoms with Gasteiger partial charge in [-0.25, -0.2) is 9.78 Å². The average Bonchev–Trinajstić information content (AvgIpc) is 3.02. The van der Waals surface area contributed by atoms with E-state index in [1.807, 2.05) is 11.4 Å². The van der Waals surface area contributed by atoms with E-state index < -0.39 is 12.1 Å². The summed E-state index contributed by atoms with van der Waals surface area (Å²) in [5.74, 6) is 6.08. The summed E-state index contributed by atoms with van der Waals surface area (Å²) in [7, 11) is 1.53. The third kappa shape index (κ3) is 4.42. The Kier molecular flexibility index (Phi) is 5.81. The predicted molar refractivity (Wildman–Crippen MR) is 98.2 cm³/mol. The van der Waals surface area contributed by atoms with Crippen LogP contribution < -0.4 is 15.4 Å². The lowest BCUT2D eigenvalue weighted by Gasteiger charge is -2.20. The topological polar surface area (TPSA) is 114 Å². The lowest BCUT2D eigenvalue weighted by atomic mass is 10.1. The maximum atomic E-state index is 12.7. The van der Waals surface area contributed by atoms with Crippen LogP contribution in [0, 0.1) is 11.8 Å². The molecule has 1 aromatic carbocycles. The minimum Gasteiger partial charge on any atom is -0.497 e. The zero-order chi connectivity index (χ0) is 19.9. The molecule has 28 heavy (non-hydrogen) atoms. The summed E-state index contributed by atoms with van der Waals surface area (Å²) >= 11 is 0. The van der Waals surface area contributed by atoms with E-state index in [1.165, 1.54) is 25.7 Å². The number of hydrogen-bond donors (Lipinski definition) is 2. The van der Waals surface area contributed by atoms with Crippen LogP contribution in [0.2, 0.25) is 0 Å². The molecule has 9 heteroatoms. The van der Waals surface area contributed by atoms with Crippen molar-refractivity contribution >= 4 is 18.3 Å². The average molecular weight is 379 g/mol. The quantitative estimate of drug-likeness (QED) is 0.571. The number of nitrogens with one attached hydrogen (secondary N) is 2. The number of amides is 4. The van der Waals surface area contributed by atoms with E-state index in [0.29, 0.717) is 23.6 Å². The van der Waals surface area contributed by atoms with E-state index in [0.717, 1.165) is 5.56 Å². The monoisotopic (exact) mass is 379 g/mol. The number of fused-ring (bicyclic) bond motifs is 1. The largest absolute Gasteiger partial charge is 0.497 e. The third-order valence-corrected chi connectivity index (χ3v) is 4.03. The fourth-order valence-corrected chi connectivity index (χ4v) is 2.74. The minimum atomic E-state index is -0.720. The van der Waals surface area contributed by atoms with Gasteiger partial charge in [0.1, 0.15) is 17.5 Å². The van der Waals surface area contributed by atoms with Crippen molar-refractivity contribution in [1.82, 2.24) is 25.5 Å². The van der Waals surface area contributed by atoms with Gasteiger partial charge in [0.15, 0.2) is 0 Å². The van der Waals surface area contributed by atoms with Gasteiger partial charge in [0.05, 0.1) is 19.9 Å². The molecule has 0 radical (unpaired) electrons. The summed E-state index contributed by atoms with van der Waals surface area (Å²) in [6, 6.07) is 3.88. The number of methoxy groups -OCH3 is 1. The number of urea groups is 1. The molecule has 0 aliphatic carbocycles. The van der Waals surface area contributed by atoms with Crippen molar-refractivity contribution in [2.75, 3.05) is 13.7 Å². The molecule has 0 fully saturated rings. The number of carbonyl (C=O) groups excluding carboxylic acids is 3. The molecule has 0 saturated carbocycles.